The predicted octanol–water partition coefficient (Wildman–Crippen LogP) is 6.73. The minimum absolute atomic E-state index is 0.0535. The van der Waals surface area contributed by atoms with Crippen molar-refractivity contribution < 1.29 is 32.5 Å². The molecule has 4 heterocycles. The number of piperazine rings is 1. The largest absolute Gasteiger partial charge is 0.481 e. The van der Waals surface area contributed by atoms with Crippen molar-refractivity contribution in [3.63, 3.8) is 0 Å². The van der Waals surface area contributed by atoms with Crippen LogP contribution in [-0.2, 0) is 15.7 Å². The highest BCUT2D eigenvalue weighted by Crippen LogP contribution is 2.41. The average molecular weight is 710 g/mol. The molecule has 1 saturated heterocycles. The Hall–Kier alpha value is -4.43. The smallest absolute Gasteiger partial charge is 0.421 e. The quantitative estimate of drug-likeness (QED) is 0.155. The van der Waals surface area contributed by atoms with E-state index in [0.29, 0.717) is 42.4 Å². The van der Waals surface area contributed by atoms with Gasteiger partial charge in [-0.3, -0.25) is 9.69 Å². The number of aliphatic carboxylic acids is 1. The fourth-order valence-electron chi connectivity index (χ4n) is 7.46. The third kappa shape index (κ3) is 8.39. The summed E-state index contributed by atoms with van der Waals surface area (Å²) in [7, 11) is 3.73. The average Bonchev–Trinajstić information content (AvgIpc) is 3.55. The van der Waals surface area contributed by atoms with E-state index in [-0.39, 0.29) is 24.0 Å². The molecular formula is C37H46F3N7O4. The molecule has 0 unspecified atom stereocenters. The van der Waals surface area contributed by atoms with Crippen LogP contribution in [0.4, 0.5) is 24.5 Å². The van der Waals surface area contributed by atoms with Gasteiger partial charge in [0.05, 0.1) is 31.0 Å². The van der Waals surface area contributed by atoms with E-state index in [2.05, 4.69) is 24.7 Å². The summed E-state index contributed by atoms with van der Waals surface area (Å²) in [6.45, 7) is 6.72. The number of alkyl halides is 3. The van der Waals surface area contributed by atoms with Gasteiger partial charge in [-0.05, 0) is 56.2 Å². The second-order valence-electron chi connectivity index (χ2n) is 13.7. The number of hydrogen-bond acceptors (Lipinski definition) is 9. The molecule has 1 aliphatic heterocycles. The molecular weight excluding hydrogens is 663 g/mol. The van der Waals surface area contributed by atoms with Gasteiger partial charge in [-0.1, -0.05) is 19.3 Å². The van der Waals surface area contributed by atoms with Crippen molar-refractivity contribution in [2.24, 2.45) is 5.41 Å². The summed E-state index contributed by atoms with van der Waals surface area (Å²) in [5.41, 5.74) is 3.29. The minimum atomic E-state index is -4.66. The van der Waals surface area contributed by atoms with Crippen molar-refractivity contribution in [3.8, 4) is 28.5 Å². The number of aromatic amines is 1. The Bertz CT molecular complexity index is 1790. The predicted molar refractivity (Wildman–Crippen MR) is 190 cm³/mol. The lowest BCUT2D eigenvalue weighted by atomic mass is 9.74. The van der Waals surface area contributed by atoms with Crippen LogP contribution in [0.5, 0.6) is 5.88 Å². The van der Waals surface area contributed by atoms with Crippen LogP contribution in [0.3, 0.4) is 0 Å². The summed E-state index contributed by atoms with van der Waals surface area (Å²) in [6.07, 6.45) is 2.34. The SMILES string of the molecule is CCOc1ncc(-c2cc(N(C)CC3(COC)CCCCC3)c3[nH]c(-c4ccc(N5CCN(CCC(=O)O)CC5)cc4)nc3n2)cc1C(F)(F)F. The molecule has 2 fully saturated rings. The molecule has 0 amide bonds. The van der Waals surface area contributed by atoms with Gasteiger partial charge in [0.25, 0.3) is 0 Å². The highest BCUT2D eigenvalue weighted by molar-refractivity contribution is 5.91. The monoisotopic (exact) mass is 709 g/mol. The first-order chi connectivity index (χ1) is 24.5. The number of carboxylic acids is 1. The number of rotatable bonds is 13. The maximum absolute atomic E-state index is 14.1. The number of carboxylic acid groups (broad SMARTS) is 1. The molecule has 4 aromatic rings. The van der Waals surface area contributed by atoms with Gasteiger partial charge in [-0.25, -0.2) is 15.0 Å². The number of H-pyrrole nitrogens is 1. The summed E-state index contributed by atoms with van der Waals surface area (Å²) in [5.74, 6) is -0.650. The molecule has 1 aromatic carbocycles. The number of ether oxygens (including phenoxy) is 2. The van der Waals surface area contributed by atoms with Crippen LogP contribution in [0.1, 0.15) is 51.0 Å². The number of benzene rings is 1. The Balaban J connectivity index is 1.34. The first-order valence-electron chi connectivity index (χ1n) is 17.6. The maximum atomic E-state index is 14.1. The van der Waals surface area contributed by atoms with Gasteiger partial charge in [0.1, 0.15) is 16.9 Å². The molecule has 2 N–H and O–H groups in total. The first kappa shape index (κ1) is 36.4. The van der Waals surface area contributed by atoms with Crippen molar-refractivity contribution in [2.45, 2.75) is 51.6 Å². The van der Waals surface area contributed by atoms with Gasteiger partial charge in [0, 0.05) is 81.9 Å². The van der Waals surface area contributed by atoms with E-state index < -0.39 is 23.6 Å². The van der Waals surface area contributed by atoms with Crippen LogP contribution >= 0.6 is 0 Å². The summed E-state index contributed by atoms with van der Waals surface area (Å²) >= 11 is 0. The number of nitrogens with zero attached hydrogens (tertiary/aromatic N) is 6. The van der Waals surface area contributed by atoms with E-state index in [9.17, 15) is 18.0 Å². The molecule has 2 aliphatic rings. The second-order valence-corrected chi connectivity index (χ2v) is 13.7. The molecule has 274 valence electrons. The third-order valence-electron chi connectivity index (χ3n) is 10.0. The summed E-state index contributed by atoms with van der Waals surface area (Å²) in [6, 6.07) is 10.9. The normalized spacial score (nSPS) is 16.8. The lowest BCUT2D eigenvalue weighted by molar-refractivity contribution is -0.139. The standard InChI is InChI=1S/C37H46F3N7O4/c1-4-51-35-28(37(38,39)40)20-26(22-41-35)29-21-30(45(2)23-36(24-50-3)13-6-5-7-14-36)32-34(42-29)44-33(43-32)25-8-10-27(11-9-25)47-18-16-46(17-19-47)15-12-31(48)49/h8-11,20-22H,4-7,12-19,23-24H2,1-3H3,(H,48,49)(H,42,43,44). The van der Waals surface area contributed by atoms with Crippen LogP contribution in [0.2, 0.25) is 0 Å². The topological polar surface area (TPSA) is 120 Å². The molecule has 0 bridgehead atoms. The summed E-state index contributed by atoms with van der Waals surface area (Å²) in [4.78, 5) is 34.7. The molecule has 14 heteroatoms. The summed E-state index contributed by atoms with van der Waals surface area (Å²) < 4.78 is 53.3. The highest BCUT2D eigenvalue weighted by Gasteiger charge is 2.37. The number of carbonyl (C=O) groups is 1. The van der Waals surface area contributed by atoms with Gasteiger partial charge in [-0.15, -0.1) is 0 Å². The van der Waals surface area contributed by atoms with Gasteiger partial charge in [0.2, 0.25) is 5.88 Å². The van der Waals surface area contributed by atoms with Crippen molar-refractivity contribution in [3.05, 3.63) is 48.2 Å². The highest BCUT2D eigenvalue weighted by atomic mass is 19.4. The molecule has 6 rings (SSSR count). The van der Waals surface area contributed by atoms with Gasteiger partial charge in [0.15, 0.2) is 5.65 Å². The van der Waals surface area contributed by atoms with E-state index >= 15 is 0 Å². The van der Waals surface area contributed by atoms with Crippen molar-refractivity contribution in [1.82, 2.24) is 24.8 Å². The Morgan fingerprint density at radius 2 is 1.76 bits per heavy atom. The van der Waals surface area contributed by atoms with Crippen molar-refractivity contribution in [2.75, 3.05) is 76.4 Å². The van der Waals surface area contributed by atoms with E-state index in [4.69, 9.17) is 24.5 Å². The molecule has 51 heavy (non-hydrogen) atoms. The number of methoxy groups -OCH3 is 1. The first-order valence-corrected chi connectivity index (χ1v) is 17.6. The number of hydrogen-bond donors (Lipinski definition) is 2. The second kappa shape index (κ2) is 15.4. The minimum Gasteiger partial charge on any atom is -0.481 e. The van der Waals surface area contributed by atoms with E-state index in [1.807, 2.05) is 37.4 Å². The van der Waals surface area contributed by atoms with Crippen LogP contribution in [0.15, 0.2) is 42.6 Å². The zero-order valence-corrected chi connectivity index (χ0v) is 29.4. The van der Waals surface area contributed by atoms with Gasteiger partial charge < -0.3 is 29.4 Å². The lowest BCUT2D eigenvalue weighted by Crippen LogP contribution is -2.46. The van der Waals surface area contributed by atoms with Crippen LogP contribution in [0, 0.1) is 5.41 Å². The number of anilines is 2. The van der Waals surface area contributed by atoms with Gasteiger partial charge in [-0.2, -0.15) is 13.2 Å². The van der Waals surface area contributed by atoms with Crippen LogP contribution in [-0.4, -0.2) is 103 Å². The third-order valence-corrected chi connectivity index (χ3v) is 10.0. The Labute approximate surface area is 295 Å². The Morgan fingerprint density at radius 3 is 2.41 bits per heavy atom. The van der Waals surface area contributed by atoms with E-state index in [1.165, 1.54) is 12.6 Å². The molecule has 3 aromatic heterocycles. The van der Waals surface area contributed by atoms with Crippen molar-refractivity contribution >= 4 is 28.5 Å². The Kier molecular flexibility index (Phi) is 11.0. The molecule has 0 radical (unpaired) electrons. The van der Waals surface area contributed by atoms with Crippen molar-refractivity contribution in [1.29, 1.82) is 0 Å². The van der Waals surface area contributed by atoms with Gasteiger partial charge >= 0.3 is 12.1 Å². The van der Waals surface area contributed by atoms with E-state index in [0.717, 1.165) is 74.9 Å². The fraction of sp³-hybridized carbons (Fsp3) is 0.514. The zero-order chi connectivity index (χ0) is 36.2. The lowest BCUT2D eigenvalue weighted by Gasteiger charge is -2.40. The Morgan fingerprint density at radius 1 is 1.04 bits per heavy atom. The number of halogens is 3. The number of imidazole rings is 1. The fourth-order valence-corrected chi connectivity index (χ4v) is 7.46. The van der Waals surface area contributed by atoms with E-state index in [1.54, 1.807) is 14.0 Å². The maximum Gasteiger partial charge on any atom is 0.421 e. The molecule has 0 spiro atoms. The summed E-state index contributed by atoms with van der Waals surface area (Å²) in [5, 5.41) is 9.01. The number of fused-ring (bicyclic) bond motifs is 1. The zero-order valence-electron chi connectivity index (χ0n) is 29.4. The molecule has 1 saturated carbocycles. The number of nitrogens with one attached hydrogen (secondary N) is 1. The van der Waals surface area contributed by atoms with Crippen LogP contribution < -0.4 is 14.5 Å². The van der Waals surface area contributed by atoms with Crippen LogP contribution in [0.25, 0.3) is 33.8 Å². The molecule has 1 aliphatic carbocycles. The number of aromatic nitrogens is 4. The molecule has 11 nitrogen and oxygen atoms in total. The number of pyridine rings is 2. The molecule has 0 atom stereocenters.